The molecule has 3 nitrogen and oxygen atoms in total. The predicted molar refractivity (Wildman–Crippen MR) is 92.6 cm³/mol. The molecule has 0 saturated carbocycles. The van der Waals surface area contributed by atoms with Crippen LogP contribution < -0.4 is 10.1 Å². The second-order valence-corrected chi connectivity index (χ2v) is 6.41. The molecule has 0 bridgehead atoms. The number of hydrogen-bond donors (Lipinski definition) is 1. The largest absolute Gasteiger partial charge is 0.484 e. The van der Waals surface area contributed by atoms with Crippen LogP contribution in [0.5, 0.6) is 5.75 Å². The topological polar surface area (TPSA) is 38.3 Å². The Balaban J connectivity index is 1.69. The number of thiophene rings is 1. The molecule has 1 N–H and O–H groups in total. The lowest BCUT2D eigenvalue weighted by molar-refractivity contribution is -0.123. The van der Waals surface area contributed by atoms with Crippen LogP contribution in [0.2, 0.25) is 0 Å². The number of carbonyl (C=O) groups excluding carboxylic acids is 1. The van der Waals surface area contributed by atoms with Crippen LogP contribution in [0.1, 0.15) is 16.5 Å². The first-order valence-corrected chi connectivity index (χ1v) is 8.57. The summed E-state index contributed by atoms with van der Waals surface area (Å²) in [4.78, 5) is 13.1. The van der Waals surface area contributed by atoms with E-state index in [0.29, 0.717) is 0 Å². The van der Waals surface area contributed by atoms with E-state index in [1.165, 1.54) is 29.5 Å². The Labute approximate surface area is 152 Å². The second kappa shape index (κ2) is 8.05. The first kappa shape index (κ1) is 18.0. The average molecular weight is 377 g/mol. The minimum atomic E-state index is -1.05. The molecule has 0 aliphatic rings. The van der Waals surface area contributed by atoms with Crippen molar-refractivity contribution in [2.24, 2.45) is 0 Å². The van der Waals surface area contributed by atoms with Crippen molar-refractivity contribution < 1.29 is 22.7 Å². The van der Waals surface area contributed by atoms with Gasteiger partial charge >= 0.3 is 0 Å². The quantitative estimate of drug-likeness (QED) is 0.689. The Morgan fingerprint density at radius 1 is 1.04 bits per heavy atom. The van der Waals surface area contributed by atoms with Gasteiger partial charge in [-0.25, -0.2) is 13.2 Å². The third-order valence-electron chi connectivity index (χ3n) is 3.60. The van der Waals surface area contributed by atoms with Crippen molar-refractivity contribution in [3.63, 3.8) is 0 Å². The molecule has 7 heteroatoms. The molecule has 0 unspecified atom stereocenters. The van der Waals surface area contributed by atoms with E-state index in [1.54, 1.807) is 12.1 Å². The van der Waals surface area contributed by atoms with Crippen LogP contribution in [0.3, 0.4) is 0 Å². The zero-order chi connectivity index (χ0) is 18.5. The number of halogens is 3. The zero-order valence-corrected chi connectivity index (χ0v) is 14.2. The van der Waals surface area contributed by atoms with E-state index in [1.807, 2.05) is 17.5 Å². The highest BCUT2D eigenvalue weighted by Crippen LogP contribution is 2.26. The van der Waals surface area contributed by atoms with Crippen LogP contribution >= 0.6 is 11.3 Å². The Kier molecular flexibility index (Phi) is 5.58. The number of rotatable bonds is 6. The van der Waals surface area contributed by atoms with E-state index in [-0.39, 0.29) is 18.2 Å². The Bertz CT molecular complexity index is 882. The van der Waals surface area contributed by atoms with Gasteiger partial charge in [0.25, 0.3) is 5.91 Å². The summed E-state index contributed by atoms with van der Waals surface area (Å²) in [6, 6.07) is 12.1. The molecule has 0 aliphatic carbocycles. The molecule has 3 rings (SSSR count). The van der Waals surface area contributed by atoms with Gasteiger partial charge in [0.2, 0.25) is 0 Å². The lowest BCUT2D eigenvalue weighted by atomic mass is 10.1. The van der Waals surface area contributed by atoms with Crippen LogP contribution in [0.4, 0.5) is 13.2 Å². The molecule has 134 valence electrons. The summed E-state index contributed by atoms with van der Waals surface area (Å²) in [5, 5.41) is 4.68. The predicted octanol–water partition coefficient (Wildman–Crippen LogP) is 4.45. The molecule has 2 aromatic carbocycles. The maximum atomic E-state index is 13.2. The van der Waals surface area contributed by atoms with Crippen LogP contribution in [-0.4, -0.2) is 12.5 Å². The maximum Gasteiger partial charge on any atom is 0.258 e. The Hall–Kier alpha value is -2.80. The summed E-state index contributed by atoms with van der Waals surface area (Å²) in [5.41, 5.74) is 0.718. The molecule has 1 amide bonds. The molecule has 1 aromatic heterocycles. The molecule has 0 radical (unpaired) electrons. The number of benzene rings is 2. The van der Waals surface area contributed by atoms with E-state index in [2.05, 4.69) is 5.32 Å². The summed E-state index contributed by atoms with van der Waals surface area (Å²) in [6.45, 7) is -0.367. The molecular formula is C19H14F3NO2S. The van der Waals surface area contributed by atoms with Gasteiger partial charge in [0, 0.05) is 10.9 Å². The lowest BCUT2D eigenvalue weighted by Gasteiger charge is -2.18. The number of amides is 1. The standard InChI is InChI=1S/C19H14F3NO2S/c20-13-5-3-12(4-6-13)19(17-2-1-9-26-17)23-18(24)11-25-14-7-8-15(21)16(22)10-14/h1-10,19H,11H2,(H,23,24)/t19-/m0/s1. The van der Waals surface area contributed by atoms with Crippen LogP contribution in [0.15, 0.2) is 60.0 Å². The molecule has 1 atom stereocenters. The first-order chi connectivity index (χ1) is 12.5. The number of ether oxygens (including phenoxy) is 1. The van der Waals surface area contributed by atoms with Crippen molar-refractivity contribution in [3.8, 4) is 5.75 Å². The summed E-state index contributed by atoms with van der Waals surface area (Å²) in [6.07, 6.45) is 0. The zero-order valence-electron chi connectivity index (χ0n) is 13.4. The maximum absolute atomic E-state index is 13.2. The van der Waals surface area contributed by atoms with Gasteiger partial charge in [0.1, 0.15) is 11.6 Å². The van der Waals surface area contributed by atoms with Crippen LogP contribution in [0.25, 0.3) is 0 Å². The van der Waals surface area contributed by atoms with Gasteiger partial charge in [0.05, 0.1) is 6.04 Å². The molecule has 0 aliphatic heterocycles. The van der Waals surface area contributed by atoms with Gasteiger partial charge in [-0.15, -0.1) is 11.3 Å². The number of nitrogens with one attached hydrogen (secondary N) is 1. The molecule has 0 fully saturated rings. The lowest BCUT2D eigenvalue weighted by Crippen LogP contribution is -2.32. The monoisotopic (exact) mass is 377 g/mol. The highest BCUT2D eigenvalue weighted by Gasteiger charge is 2.18. The summed E-state index contributed by atoms with van der Waals surface area (Å²) >= 11 is 1.45. The first-order valence-electron chi connectivity index (χ1n) is 7.69. The third-order valence-corrected chi connectivity index (χ3v) is 4.53. The Morgan fingerprint density at radius 2 is 1.81 bits per heavy atom. The molecule has 3 aromatic rings. The minimum absolute atomic E-state index is 0.0495. The summed E-state index contributed by atoms with van der Waals surface area (Å²) in [5.74, 6) is -2.81. The fourth-order valence-corrected chi connectivity index (χ4v) is 3.15. The number of carbonyl (C=O) groups is 1. The van der Waals surface area contributed by atoms with Gasteiger partial charge in [-0.3, -0.25) is 4.79 Å². The highest BCUT2D eigenvalue weighted by atomic mass is 32.1. The Morgan fingerprint density at radius 3 is 2.46 bits per heavy atom. The van der Waals surface area contributed by atoms with Gasteiger partial charge < -0.3 is 10.1 Å². The molecule has 0 saturated heterocycles. The third kappa shape index (κ3) is 4.43. The fourth-order valence-electron chi connectivity index (χ4n) is 2.35. The second-order valence-electron chi connectivity index (χ2n) is 5.43. The molecular weight excluding hydrogens is 363 g/mol. The summed E-state index contributed by atoms with van der Waals surface area (Å²) in [7, 11) is 0. The van der Waals surface area contributed by atoms with Crippen molar-refractivity contribution in [1.82, 2.24) is 5.32 Å². The van der Waals surface area contributed by atoms with Crippen molar-refractivity contribution in [2.45, 2.75) is 6.04 Å². The average Bonchev–Trinajstić information content (AvgIpc) is 3.16. The normalized spacial score (nSPS) is 11.8. The van der Waals surface area contributed by atoms with E-state index < -0.39 is 23.6 Å². The van der Waals surface area contributed by atoms with Crippen LogP contribution in [-0.2, 0) is 4.79 Å². The van der Waals surface area contributed by atoms with Crippen LogP contribution in [0, 0.1) is 17.5 Å². The summed E-state index contributed by atoms with van der Waals surface area (Å²) < 4.78 is 44.4. The molecule has 1 heterocycles. The van der Waals surface area contributed by atoms with Gasteiger partial charge in [-0.05, 0) is 41.3 Å². The minimum Gasteiger partial charge on any atom is -0.484 e. The fraction of sp³-hybridized carbons (Fsp3) is 0.105. The van der Waals surface area contributed by atoms with E-state index in [0.717, 1.165) is 22.6 Å². The number of hydrogen-bond acceptors (Lipinski definition) is 3. The van der Waals surface area contributed by atoms with E-state index in [4.69, 9.17) is 4.74 Å². The molecule has 26 heavy (non-hydrogen) atoms. The van der Waals surface area contributed by atoms with Gasteiger partial charge in [-0.2, -0.15) is 0 Å². The van der Waals surface area contributed by atoms with Crippen molar-refractivity contribution in [3.05, 3.63) is 87.9 Å². The SMILES string of the molecule is O=C(COc1ccc(F)c(F)c1)N[C@@H](c1ccc(F)cc1)c1cccs1. The van der Waals surface area contributed by atoms with Crippen molar-refractivity contribution in [2.75, 3.05) is 6.61 Å². The van der Waals surface area contributed by atoms with Gasteiger partial charge in [0.15, 0.2) is 18.2 Å². The smallest absolute Gasteiger partial charge is 0.258 e. The molecule has 0 spiro atoms. The van der Waals surface area contributed by atoms with E-state index in [9.17, 15) is 18.0 Å². The van der Waals surface area contributed by atoms with Gasteiger partial charge in [-0.1, -0.05) is 18.2 Å². The van der Waals surface area contributed by atoms with Crippen molar-refractivity contribution >= 4 is 17.2 Å². The highest BCUT2D eigenvalue weighted by molar-refractivity contribution is 7.10. The van der Waals surface area contributed by atoms with E-state index >= 15 is 0 Å². The van der Waals surface area contributed by atoms with Crippen molar-refractivity contribution in [1.29, 1.82) is 0 Å².